The summed E-state index contributed by atoms with van der Waals surface area (Å²) >= 11 is 0. The molecule has 0 unspecified atom stereocenters. The topological polar surface area (TPSA) is 55.1 Å². The molecule has 0 bridgehead atoms. The molecule has 1 saturated carbocycles. The summed E-state index contributed by atoms with van der Waals surface area (Å²) in [5.41, 5.74) is 2.07. The van der Waals surface area contributed by atoms with Gasteiger partial charge in [0.1, 0.15) is 0 Å². The molecular formula is C16H18N2O2. The molecule has 4 nitrogen and oxygen atoms in total. The summed E-state index contributed by atoms with van der Waals surface area (Å²) in [4.78, 5) is 11.9. The maximum Gasteiger partial charge on any atom is 0.314 e. The number of nitrogens with zero attached hydrogens (tertiary/aromatic N) is 2. The van der Waals surface area contributed by atoms with Crippen molar-refractivity contribution in [1.82, 2.24) is 9.78 Å². The maximum atomic E-state index is 11.9. The lowest BCUT2D eigenvalue weighted by molar-refractivity contribution is -0.143. The molecule has 1 fully saturated rings. The lowest BCUT2D eigenvalue weighted by atomic mass is 9.78. The van der Waals surface area contributed by atoms with Crippen molar-refractivity contribution in [2.24, 2.45) is 0 Å². The van der Waals surface area contributed by atoms with Crippen molar-refractivity contribution >= 4 is 5.97 Å². The zero-order valence-electron chi connectivity index (χ0n) is 11.5. The van der Waals surface area contributed by atoms with Crippen molar-refractivity contribution in [1.29, 1.82) is 0 Å². The highest BCUT2D eigenvalue weighted by atomic mass is 16.4. The van der Waals surface area contributed by atoms with Crippen LogP contribution in [0.4, 0.5) is 0 Å². The molecule has 3 rings (SSSR count). The average molecular weight is 270 g/mol. The first-order chi connectivity index (χ1) is 9.63. The number of hydrogen-bond donors (Lipinski definition) is 1. The van der Waals surface area contributed by atoms with Gasteiger partial charge in [-0.2, -0.15) is 5.10 Å². The minimum Gasteiger partial charge on any atom is -0.481 e. The summed E-state index contributed by atoms with van der Waals surface area (Å²) in [6, 6.07) is 7.73. The van der Waals surface area contributed by atoms with Crippen molar-refractivity contribution in [3.8, 4) is 5.69 Å². The number of aryl methyl sites for hydroxylation is 1. The lowest BCUT2D eigenvalue weighted by Gasteiger charge is -2.26. The second-order valence-corrected chi connectivity index (χ2v) is 5.57. The Kier molecular flexibility index (Phi) is 3.08. The Hall–Kier alpha value is -2.10. The van der Waals surface area contributed by atoms with Gasteiger partial charge < -0.3 is 5.11 Å². The van der Waals surface area contributed by atoms with Crippen LogP contribution >= 0.6 is 0 Å². The number of para-hydroxylation sites is 1. The van der Waals surface area contributed by atoms with E-state index in [9.17, 15) is 9.90 Å². The van der Waals surface area contributed by atoms with Crippen LogP contribution in [0, 0.1) is 6.92 Å². The fourth-order valence-corrected chi connectivity index (χ4v) is 3.20. The van der Waals surface area contributed by atoms with E-state index in [2.05, 4.69) is 5.10 Å². The van der Waals surface area contributed by atoms with Crippen molar-refractivity contribution in [3.05, 3.63) is 47.8 Å². The van der Waals surface area contributed by atoms with Crippen LogP contribution in [0.2, 0.25) is 0 Å². The SMILES string of the molecule is Cc1cnn(-c2ccccc2C2(C(=O)O)CCCC2)c1. The van der Waals surface area contributed by atoms with Gasteiger partial charge in [0.05, 0.1) is 17.3 Å². The first-order valence-corrected chi connectivity index (χ1v) is 6.98. The van der Waals surface area contributed by atoms with Gasteiger partial charge in [0.2, 0.25) is 0 Å². The summed E-state index contributed by atoms with van der Waals surface area (Å²) < 4.78 is 1.79. The quantitative estimate of drug-likeness (QED) is 0.932. The number of aromatic nitrogens is 2. The van der Waals surface area contributed by atoms with Crippen molar-refractivity contribution in [2.75, 3.05) is 0 Å². The molecule has 0 spiro atoms. The highest BCUT2D eigenvalue weighted by Gasteiger charge is 2.44. The summed E-state index contributed by atoms with van der Waals surface area (Å²) in [5.74, 6) is -0.716. The Morgan fingerprint density at radius 3 is 2.60 bits per heavy atom. The van der Waals surface area contributed by atoms with Crippen LogP contribution in [0.5, 0.6) is 0 Å². The maximum absolute atomic E-state index is 11.9. The normalized spacial score (nSPS) is 17.2. The van der Waals surface area contributed by atoms with E-state index in [1.54, 1.807) is 10.9 Å². The van der Waals surface area contributed by atoms with E-state index < -0.39 is 11.4 Å². The number of rotatable bonds is 3. The second-order valence-electron chi connectivity index (χ2n) is 5.57. The Morgan fingerprint density at radius 2 is 2.00 bits per heavy atom. The molecule has 0 atom stereocenters. The molecule has 4 heteroatoms. The minimum atomic E-state index is -0.754. The number of carboxylic acids is 1. The molecule has 0 saturated heterocycles. The Morgan fingerprint density at radius 1 is 1.30 bits per heavy atom. The van der Waals surface area contributed by atoms with Gasteiger partial charge in [0.25, 0.3) is 0 Å². The van der Waals surface area contributed by atoms with Crippen molar-refractivity contribution < 1.29 is 9.90 Å². The molecule has 2 aromatic rings. The van der Waals surface area contributed by atoms with Crippen LogP contribution in [-0.4, -0.2) is 20.9 Å². The monoisotopic (exact) mass is 270 g/mol. The number of hydrogen-bond acceptors (Lipinski definition) is 2. The van der Waals surface area contributed by atoms with Crippen molar-refractivity contribution in [2.45, 2.75) is 38.0 Å². The fraction of sp³-hybridized carbons (Fsp3) is 0.375. The smallest absolute Gasteiger partial charge is 0.314 e. The van der Waals surface area contributed by atoms with Gasteiger partial charge in [0.15, 0.2) is 0 Å². The van der Waals surface area contributed by atoms with E-state index in [-0.39, 0.29) is 0 Å². The standard InChI is InChI=1S/C16H18N2O2/c1-12-10-17-18(11-12)14-7-3-2-6-13(14)16(15(19)20)8-4-5-9-16/h2-3,6-7,10-11H,4-5,8-9H2,1H3,(H,19,20). The fourth-order valence-electron chi connectivity index (χ4n) is 3.20. The first kappa shape index (κ1) is 12.9. The van der Waals surface area contributed by atoms with Crippen molar-refractivity contribution in [3.63, 3.8) is 0 Å². The third-order valence-corrected chi connectivity index (χ3v) is 4.24. The largest absolute Gasteiger partial charge is 0.481 e. The number of carbonyl (C=O) groups is 1. The van der Waals surface area contributed by atoms with Gasteiger partial charge >= 0.3 is 5.97 Å². The Labute approximate surface area is 118 Å². The molecule has 1 heterocycles. The van der Waals surface area contributed by atoms with Gasteiger partial charge in [-0.1, -0.05) is 31.0 Å². The van der Waals surface area contributed by atoms with Crippen LogP contribution in [0.25, 0.3) is 5.69 Å². The predicted molar refractivity (Wildman–Crippen MR) is 76.1 cm³/mol. The molecule has 1 aliphatic carbocycles. The average Bonchev–Trinajstić information content (AvgIpc) is 3.08. The van der Waals surface area contributed by atoms with Crippen LogP contribution in [-0.2, 0) is 10.2 Å². The number of aliphatic carboxylic acids is 1. The van der Waals surface area contributed by atoms with E-state index >= 15 is 0 Å². The molecule has 104 valence electrons. The summed E-state index contributed by atoms with van der Waals surface area (Å²) in [6.07, 6.45) is 7.08. The first-order valence-electron chi connectivity index (χ1n) is 6.98. The van der Waals surface area contributed by atoms with Gasteiger partial charge in [-0.15, -0.1) is 0 Å². The van der Waals surface area contributed by atoms with Gasteiger partial charge in [-0.25, -0.2) is 4.68 Å². The van der Waals surface area contributed by atoms with Crippen LogP contribution in [0.15, 0.2) is 36.7 Å². The number of carboxylic acid groups (broad SMARTS) is 1. The highest BCUT2D eigenvalue weighted by Crippen LogP contribution is 2.43. The van der Waals surface area contributed by atoms with Gasteiger partial charge in [0, 0.05) is 6.20 Å². The van der Waals surface area contributed by atoms with E-state index in [4.69, 9.17) is 0 Å². The predicted octanol–water partition coefficient (Wildman–Crippen LogP) is 3.08. The molecular weight excluding hydrogens is 252 g/mol. The van der Waals surface area contributed by atoms with E-state index in [1.807, 2.05) is 37.4 Å². The van der Waals surface area contributed by atoms with Gasteiger partial charge in [-0.05, 0) is 37.0 Å². The molecule has 0 amide bonds. The lowest BCUT2D eigenvalue weighted by Crippen LogP contribution is -2.33. The molecule has 1 aliphatic rings. The third-order valence-electron chi connectivity index (χ3n) is 4.24. The molecule has 1 aromatic carbocycles. The summed E-state index contributed by atoms with van der Waals surface area (Å²) in [7, 11) is 0. The Bertz CT molecular complexity index is 639. The van der Waals surface area contributed by atoms with E-state index in [1.165, 1.54) is 0 Å². The minimum absolute atomic E-state index is 0.708. The highest BCUT2D eigenvalue weighted by molar-refractivity contribution is 5.83. The molecule has 0 radical (unpaired) electrons. The summed E-state index contributed by atoms with van der Waals surface area (Å²) in [5, 5.41) is 14.1. The molecule has 0 aliphatic heterocycles. The third kappa shape index (κ3) is 1.92. The van der Waals surface area contributed by atoms with Crippen LogP contribution in [0.3, 0.4) is 0 Å². The molecule has 1 aromatic heterocycles. The second kappa shape index (κ2) is 4.78. The molecule has 1 N–H and O–H groups in total. The van der Waals surface area contributed by atoms with Gasteiger partial charge in [-0.3, -0.25) is 4.79 Å². The van der Waals surface area contributed by atoms with E-state index in [0.29, 0.717) is 12.8 Å². The van der Waals surface area contributed by atoms with Crippen LogP contribution in [0.1, 0.15) is 36.8 Å². The number of benzene rings is 1. The Balaban J connectivity index is 2.17. The summed E-state index contributed by atoms with van der Waals surface area (Å²) in [6.45, 7) is 1.98. The molecule has 20 heavy (non-hydrogen) atoms. The zero-order valence-corrected chi connectivity index (χ0v) is 11.5. The van der Waals surface area contributed by atoms with Crippen LogP contribution < -0.4 is 0 Å². The van der Waals surface area contributed by atoms with E-state index in [0.717, 1.165) is 29.7 Å². The zero-order chi connectivity index (χ0) is 14.2.